The van der Waals surface area contributed by atoms with Crippen LogP contribution in [0.15, 0.2) is 29.2 Å². The molecule has 1 aromatic carbocycles. The van der Waals surface area contributed by atoms with Gasteiger partial charge in [-0.3, -0.25) is 0 Å². The van der Waals surface area contributed by atoms with Crippen LogP contribution in [0.25, 0.3) is 0 Å². The molecule has 1 rings (SSSR count). The van der Waals surface area contributed by atoms with Gasteiger partial charge in [-0.2, -0.15) is 8.78 Å². The van der Waals surface area contributed by atoms with Crippen molar-refractivity contribution in [1.82, 2.24) is 0 Å². The molecule has 1 atom stereocenters. The van der Waals surface area contributed by atoms with Crippen LogP contribution >= 0.6 is 11.6 Å². The monoisotopic (exact) mass is 311 g/mol. The molecule has 0 radical (unpaired) electrons. The molecule has 0 saturated carbocycles. The molecule has 0 aliphatic carbocycles. The average Bonchev–Trinajstić information content (AvgIpc) is 2.36. The van der Waals surface area contributed by atoms with Crippen LogP contribution in [0, 0.1) is 0 Å². The minimum absolute atomic E-state index is 0.177. The van der Waals surface area contributed by atoms with E-state index in [4.69, 9.17) is 11.6 Å². The Labute approximate surface area is 116 Å². The lowest BCUT2D eigenvalue weighted by atomic mass is 10.2. The topological polar surface area (TPSA) is 46.2 Å². The molecule has 0 amide bonds. The first-order valence-corrected chi connectivity index (χ1v) is 7.90. The van der Waals surface area contributed by atoms with Crippen molar-refractivity contribution in [3.63, 3.8) is 0 Å². The van der Waals surface area contributed by atoms with E-state index < -0.39 is 15.6 Å². The summed E-state index contributed by atoms with van der Waals surface area (Å²) in [5, 5.41) is 3.14. The second-order valence-corrected chi connectivity index (χ2v) is 6.50. The van der Waals surface area contributed by atoms with E-state index in [0.717, 1.165) is 12.8 Å². The third-order valence-electron chi connectivity index (χ3n) is 2.60. The molecule has 1 N–H and O–H groups in total. The number of benzene rings is 1. The number of hydrogen-bond donors (Lipinski definition) is 1. The Morgan fingerprint density at radius 3 is 2.32 bits per heavy atom. The highest BCUT2D eigenvalue weighted by atomic mass is 35.5. The fourth-order valence-electron chi connectivity index (χ4n) is 1.58. The third-order valence-corrected chi connectivity index (χ3v) is 4.27. The van der Waals surface area contributed by atoms with E-state index in [-0.39, 0.29) is 10.9 Å². The lowest BCUT2D eigenvalue weighted by Gasteiger charge is -2.14. The molecule has 0 aliphatic rings. The summed E-state index contributed by atoms with van der Waals surface area (Å²) in [7, 11) is -4.51. The van der Waals surface area contributed by atoms with Gasteiger partial charge in [-0.1, -0.05) is 0 Å². The number of hydrogen-bond acceptors (Lipinski definition) is 3. The maximum atomic E-state index is 12.3. The average molecular weight is 312 g/mol. The first kappa shape index (κ1) is 16.2. The largest absolute Gasteiger partial charge is 0.383 e. The summed E-state index contributed by atoms with van der Waals surface area (Å²) >= 11 is 5.58. The predicted molar refractivity (Wildman–Crippen MR) is 72.7 cm³/mol. The van der Waals surface area contributed by atoms with Crippen molar-refractivity contribution in [2.24, 2.45) is 0 Å². The fourth-order valence-corrected chi connectivity index (χ4v) is 2.46. The Kier molecular flexibility index (Phi) is 6.00. The van der Waals surface area contributed by atoms with Crippen molar-refractivity contribution in [1.29, 1.82) is 0 Å². The van der Waals surface area contributed by atoms with Crippen molar-refractivity contribution >= 4 is 27.1 Å². The molecule has 3 nitrogen and oxygen atoms in total. The summed E-state index contributed by atoms with van der Waals surface area (Å²) in [5.74, 6) is -2.81. The van der Waals surface area contributed by atoms with Gasteiger partial charge in [0.25, 0.3) is 0 Å². The highest BCUT2D eigenvalue weighted by Crippen LogP contribution is 2.20. The molecular weight excluding hydrogens is 296 g/mol. The Morgan fingerprint density at radius 2 is 1.84 bits per heavy atom. The van der Waals surface area contributed by atoms with Crippen molar-refractivity contribution < 1.29 is 17.2 Å². The summed E-state index contributed by atoms with van der Waals surface area (Å²) in [6.45, 7) is 1.97. The molecule has 1 aromatic rings. The van der Waals surface area contributed by atoms with Gasteiger partial charge in [0.15, 0.2) is 0 Å². The predicted octanol–water partition coefficient (Wildman–Crippen LogP) is 3.50. The number of sulfone groups is 1. The van der Waals surface area contributed by atoms with Gasteiger partial charge in [-0.15, -0.1) is 11.6 Å². The quantitative estimate of drug-likeness (QED) is 0.784. The molecule has 0 aliphatic heterocycles. The summed E-state index contributed by atoms with van der Waals surface area (Å²) in [6.07, 6.45) is 1.74. The lowest BCUT2D eigenvalue weighted by molar-refractivity contribution is 0.234. The van der Waals surface area contributed by atoms with Gasteiger partial charge >= 0.3 is 5.76 Å². The molecule has 19 heavy (non-hydrogen) atoms. The van der Waals surface area contributed by atoms with Gasteiger partial charge in [-0.25, -0.2) is 8.42 Å². The van der Waals surface area contributed by atoms with Crippen molar-refractivity contribution in [2.75, 3.05) is 11.2 Å². The number of alkyl halides is 3. The first-order chi connectivity index (χ1) is 8.87. The third kappa shape index (κ3) is 4.62. The van der Waals surface area contributed by atoms with Crippen LogP contribution in [-0.2, 0) is 9.84 Å². The fraction of sp³-hybridized carbons (Fsp3) is 0.500. The SMILES string of the molecule is CC(CCCCl)Nc1ccc(S(=O)(=O)C(F)F)cc1. The Hall–Kier alpha value is -0.880. The van der Waals surface area contributed by atoms with Crippen molar-refractivity contribution in [3.05, 3.63) is 24.3 Å². The standard InChI is InChI=1S/C12H16ClF2NO2S/c1-9(3-2-8-13)16-10-4-6-11(7-5-10)19(17,18)12(14)15/h4-7,9,12,16H,2-3,8H2,1H3. The van der Waals surface area contributed by atoms with Crippen molar-refractivity contribution in [3.8, 4) is 0 Å². The van der Waals surface area contributed by atoms with E-state index in [2.05, 4.69) is 5.32 Å². The van der Waals surface area contributed by atoms with Crippen LogP contribution in [0.2, 0.25) is 0 Å². The van der Waals surface area contributed by atoms with E-state index in [1.807, 2.05) is 6.92 Å². The van der Waals surface area contributed by atoms with Gasteiger partial charge < -0.3 is 5.32 Å². The van der Waals surface area contributed by atoms with Gasteiger partial charge in [0.1, 0.15) is 0 Å². The first-order valence-electron chi connectivity index (χ1n) is 5.82. The van der Waals surface area contributed by atoms with E-state index in [1.165, 1.54) is 24.3 Å². The van der Waals surface area contributed by atoms with E-state index in [9.17, 15) is 17.2 Å². The Balaban J connectivity index is 2.72. The summed E-state index contributed by atoms with van der Waals surface area (Å²) in [4.78, 5) is -0.374. The molecule has 1 unspecified atom stereocenters. The maximum absolute atomic E-state index is 12.3. The van der Waals surface area contributed by atoms with E-state index >= 15 is 0 Å². The molecule has 0 aromatic heterocycles. The second kappa shape index (κ2) is 7.05. The highest BCUT2D eigenvalue weighted by Gasteiger charge is 2.26. The van der Waals surface area contributed by atoms with Gasteiger partial charge in [-0.05, 0) is 44.0 Å². The highest BCUT2D eigenvalue weighted by molar-refractivity contribution is 7.91. The minimum Gasteiger partial charge on any atom is -0.383 e. The number of halogens is 3. The summed E-state index contributed by atoms with van der Waals surface area (Å²) < 4.78 is 47.1. The smallest absolute Gasteiger partial charge is 0.341 e. The zero-order valence-corrected chi connectivity index (χ0v) is 12.0. The molecular formula is C12H16ClF2NO2S. The maximum Gasteiger partial charge on any atom is 0.341 e. The van der Waals surface area contributed by atoms with Crippen LogP contribution in [0.4, 0.5) is 14.5 Å². The van der Waals surface area contributed by atoms with Gasteiger partial charge in [0, 0.05) is 17.6 Å². The van der Waals surface area contributed by atoms with E-state index in [1.54, 1.807) is 0 Å². The number of anilines is 1. The molecule has 7 heteroatoms. The Morgan fingerprint density at radius 1 is 1.26 bits per heavy atom. The van der Waals surface area contributed by atoms with Crippen LogP contribution in [0.3, 0.4) is 0 Å². The van der Waals surface area contributed by atoms with Crippen molar-refractivity contribution in [2.45, 2.75) is 36.5 Å². The second-order valence-electron chi connectivity index (χ2n) is 4.21. The van der Waals surface area contributed by atoms with E-state index in [0.29, 0.717) is 11.6 Å². The zero-order chi connectivity index (χ0) is 14.5. The molecule has 0 saturated heterocycles. The summed E-state index contributed by atoms with van der Waals surface area (Å²) in [5.41, 5.74) is 0.690. The van der Waals surface area contributed by atoms with Crippen LogP contribution < -0.4 is 5.32 Å². The normalized spacial score (nSPS) is 13.5. The summed E-state index contributed by atoms with van der Waals surface area (Å²) in [6, 6.07) is 5.49. The minimum atomic E-state index is -4.51. The molecule has 0 heterocycles. The zero-order valence-electron chi connectivity index (χ0n) is 10.4. The van der Waals surface area contributed by atoms with Crippen LogP contribution in [0.5, 0.6) is 0 Å². The molecule has 0 fully saturated rings. The number of nitrogens with one attached hydrogen (secondary N) is 1. The molecule has 0 spiro atoms. The molecule has 108 valence electrons. The van der Waals surface area contributed by atoms with Crippen LogP contribution in [-0.4, -0.2) is 26.1 Å². The van der Waals surface area contributed by atoms with Crippen LogP contribution in [0.1, 0.15) is 19.8 Å². The molecule has 0 bridgehead atoms. The lowest BCUT2D eigenvalue weighted by Crippen LogP contribution is -2.15. The van der Waals surface area contributed by atoms with Gasteiger partial charge in [0.05, 0.1) is 4.90 Å². The Bertz CT molecular complexity index is 491. The number of rotatable bonds is 7. The van der Waals surface area contributed by atoms with Gasteiger partial charge in [0.2, 0.25) is 9.84 Å².